The van der Waals surface area contributed by atoms with Gasteiger partial charge in [0.25, 0.3) is 0 Å². The molecule has 64 heavy (non-hydrogen) atoms. The molecule has 0 radical (unpaired) electrons. The highest BCUT2D eigenvalue weighted by molar-refractivity contribution is 5.96. The Balaban J connectivity index is 1.09. The summed E-state index contributed by atoms with van der Waals surface area (Å²) in [4.78, 5) is 88.0. The third-order valence-corrected chi connectivity index (χ3v) is 11.1. The number of esters is 4. The normalized spacial score (nSPS) is 20.2. The number of ether oxygens (including phenoxy) is 7. The second-order valence-electron chi connectivity index (χ2n) is 15.6. The number of nitrogens with zero attached hydrogens (tertiary/aromatic N) is 7. The first-order chi connectivity index (χ1) is 30.7. The predicted molar refractivity (Wildman–Crippen MR) is 224 cm³/mol. The van der Waals surface area contributed by atoms with E-state index in [9.17, 15) is 28.8 Å². The third kappa shape index (κ3) is 10.9. The quantitative estimate of drug-likeness (QED) is 0.125. The van der Waals surface area contributed by atoms with Crippen LogP contribution in [0.3, 0.4) is 0 Å². The zero-order valence-corrected chi connectivity index (χ0v) is 36.8. The number of amides is 2. The Kier molecular flexibility index (Phi) is 15.5. The number of aromatic nitrogens is 5. The van der Waals surface area contributed by atoms with Crippen LogP contribution < -0.4 is 10.1 Å². The molecule has 21 heteroatoms. The number of fused-ring (bicyclic) bond motifs is 1. The second kappa shape index (κ2) is 21.2. The van der Waals surface area contributed by atoms with E-state index in [1.54, 1.807) is 43.7 Å². The number of nitrogens with one attached hydrogen (secondary N) is 1. The zero-order valence-electron chi connectivity index (χ0n) is 36.8. The average Bonchev–Trinajstić information content (AvgIpc) is 4.07. The van der Waals surface area contributed by atoms with E-state index in [0.717, 1.165) is 40.0 Å². The molecule has 4 aromatic rings. The molecule has 0 spiro atoms. The minimum atomic E-state index is -1.67. The van der Waals surface area contributed by atoms with E-state index in [4.69, 9.17) is 38.3 Å². The number of rotatable bonds is 16. The maximum atomic E-state index is 13.7. The average molecular weight is 891 g/mol. The number of carbonyl (C=O) groups is 6. The van der Waals surface area contributed by atoms with Gasteiger partial charge < -0.3 is 48.3 Å². The lowest BCUT2D eigenvalue weighted by atomic mass is 9.97. The molecule has 1 saturated heterocycles. The summed E-state index contributed by atoms with van der Waals surface area (Å²) in [6.07, 6.45) is 2.98. The van der Waals surface area contributed by atoms with Crippen LogP contribution in [0.2, 0.25) is 0 Å². The topological polar surface area (TPSA) is 234 Å². The third-order valence-electron chi connectivity index (χ3n) is 11.1. The number of hydrogen-bond acceptors (Lipinski definition) is 17. The van der Waals surface area contributed by atoms with Crippen molar-refractivity contribution in [3.63, 3.8) is 0 Å². The van der Waals surface area contributed by atoms with Crippen molar-refractivity contribution in [3.05, 3.63) is 60.8 Å². The van der Waals surface area contributed by atoms with E-state index in [1.807, 2.05) is 17.9 Å². The van der Waals surface area contributed by atoms with Gasteiger partial charge in [-0.25, -0.2) is 24.4 Å². The van der Waals surface area contributed by atoms with Crippen LogP contribution in [0.15, 0.2) is 55.2 Å². The highest BCUT2D eigenvalue weighted by Crippen LogP contribution is 2.36. The molecule has 6 atom stereocenters. The summed E-state index contributed by atoms with van der Waals surface area (Å²) in [5.41, 5.74) is 2.25. The van der Waals surface area contributed by atoms with Crippen molar-refractivity contribution in [2.75, 3.05) is 47.9 Å². The number of likely N-dealkylation sites (N-methyl/N-ethyl adjacent to an activating group) is 3. The molecule has 0 unspecified atom stereocenters. The minimum Gasteiger partial charge on any atom is -0.467 e. The van der Waals surface area contributed by atoms with Crippen LogP contribution in [-0.4, -0.2) is 149 Å². The molecule has 21 nitrogen and oxygen atoms in total. The van der Waals surface area contributed by atoms with Crippen LogP contribution in [0, 0.1) is 5.92 Å². The predicted octanol–water partition coefficient (Wildman–Crippen LogP) is 3.49. The maximum Gasteiger partial charge on any atom is 0.409 e. The Morgan fingerprint density at radius 1 is 0.891 bits per heavy atom. The molecular formula is C43H54N8O13. The van der Waals surface area contributed by atoms with Crippen LogP contribution in [0.5, 0.6) is 5.75 Å². The molecule has 2 aliphatic rings. The van der Waals surface area contributed by atoms with Gasteiger partial charge in [-0.1, -0.05) is 31.0 Å². The van der Waals surface area contributed by atoms with Gasteiger partial charge >= 0.3 is 36.0 Å². The lowest BCUT2D eigenvalue weighted by Gasteiger charge is -2.43. The number of carbonyl (C=O) groups excluding carboxylic acids is 6. The first-order valence-electron chi connectivity index (χ1n) is 20.8. The fraction of sp³-hybridized carbons (Fsp3) is 0.512. The molecule has 4 heterocycles. The van der Waals surface area contributed by atoms with Crippen molar-refractivity contribution >= 4 is 47.0 Å². The fourth-order valence-electron chi connectivity index (χ4n) is 7.96. The van der Waals surface area contributed by atoms with E-state index in [0.29, 0.717) is 28.2 Å². The molecule has 6 rings (SSSR count). The molecule has 344 valence electrons. The number of para-hydroxylation sites is 1. The lowest BCUT2D eigenvalue weighted by Crippen LogP contribution is -2.64. The first kappa shape index (κ1) is 46.9. The van der Waals surface area contributed by atoms with Crippen molar-refractivity contribution in [1.29, 1.82) is 0 Å². The van der Waals surface area contributed by atoms with Gasteiger partial charge in [0.15, 0.2) is 24.0 Å². The monoisotopic (exact) mass is 890 g/mol. The summed E-state index contributed by atoms with van der Waals surface area (Å²) in [7, 11) is 6.15. The van der Waals surface area contributed by atoms with Gasteiger partial charge in [-0.15, -0.1) is 0 Å². The Bertz CT molecular complexity index is 2310. The van der Waals surface area contributed by atoms with Crippen molar-refractivity contribution in [2.24, 2.45) is 5.92 Å². The number of methoxy groups -OCH3 is 1. The van der Waals surface area contributed by atoms with Crippen LogP contribution in [0.25, 0.3) is 22.3 Å². The van der Waals surface area contributed by atoms with E-state index >= 15 is 0 Å². The van der Waals surface area contributed by atoms with E-state index in [2.05, 4.69) is 15.3 Å². The largest absolute Gasteiger partial charge is 0.467 e. The molecule has 2 amide bonds. The molecular weight excluding hydrogens is 837 g/mol. The van der Waals surface area contributed by atoms with Crippen molar-refractivity contribution in [2.45, 2.75) is 89.8 Å². The first-order valence-corrected chi connectivity index (χ1v) is 20.8. The summed E-state index contributed by atoms with van der Waals surface area (Å²) in [6, 6.07) is 8.03. The van der Waals surface area contributed by atoms with Gasteiger partial charge in [0.2, 0.25) is 12.4 Å². The van der Waals surface area contributed by atoms with Gasteiger partial charge in [-0.05, 0) is 37.9 Å². The van der Waals surface area contributed by atoms with Gasteiger partial charge in [0.05, 0.1) is 25.0 Å². The van der Waals surface area contributed by atoms with Crippen molar-refractivity contribution in [1.82, 2.24) is 39.4 Å². The van der Waals surface area contributed by atoms with E-state index in [-0.39, 0.29) is 37.5 Å². The maximum absolute atomic E-state index is 13.7. The summed E-state index contributed by atoms with van der Waals surface area (Å²) < 4.78 is 42.1. The van der Waals surface area contributed by atoms with Gasteiger partial charge in [0, 0.05) is 83.4 Å². The Morgan fingerprint density at radius 2 is 1.56 bits per heavy atom. The molecule has 2 fully saturated rings. The van der Waals surface area contributed by atoms with Gasteiger partial charge in [0.1, 0.15) is 18.7 Å². The van der Waals surface area contributed by atoms with Crippen molar-refractivity contribution < 1.29 is 61.9 Å². The lowest BCUT2D eigenvalue weighted by molar-refractivity contribution is -0.282. The highest BCUT2D eigenvalue weighted by atomic mass is 16.7. The minimum absolute atomic E-state index is 0.0865. The number of benzene rings is 1. The van der Waals surface area contributed by atoms with Gasteiger partial charge in [-0.2, -0.15) is 5.10 Å². The zero-order chi connectivity index (χ0) is 46.1. The van der Waals surface area contributed by atoms with Gasteiger partial charge in [-0.3, -0.25) is 23.6 Å². The molecule has 1 saturated carbocycles. The highest BCUT2D eigenvalue weighted by Gasteiger charge is 2.56. The molecule has 0 bridgehead atoms. The molecule has 1 aliphatic carbocycles. The van der Waals surface area contributed by atoms with Crippen LogP contribution in [0.4, 0.5) is 9.59 Å². The van der Waals surface area contributed by atoms with Crippen molar-refractivity contribution in [3.8, 4) is 17.0 Å². The molecule has 1 N–H and O–H groups in total. The Hall–Kier alpha value is -6.61. The SMILES string of the molecule is CNC[C@H](C1CCCC1)n1cc(-c2ncnc3c2ccn3C(=O)N(C)CCN(C)C(=O)OCc2ccccc2O[C@@H]2O[C@H](C(=O)OC)[C@@H](OC(C)=O)[C@H](OC(C)=O)[C@H]2OC(C)=O)cn1. The van der Waals surface area contributed by atoms with Crippen LogP contribution in [0.1, 0.15) is 58.1 Å². The van der Waals surface area contributed by atoms with E-state index < -0.39 is 60.7 Å². The number of hydrogen-bond donors (Lipinski definition) is 1. The molecule has 3 aromatic heterocycles. The standard InChI is InChI=1S/C43H54N8O13/c1-25(52)60-35-36(61-26(2)53)38(62-27(3)54)41(64-37(35)40(55)58-7)63-33-15-11-10-14-29(33)23-59-43(57)49(6)19-18-48(5)42(56)50-17-16-31-34(45-24-46-39(31)50)30-20-47-51(22-30)32(21-44-4)28-12-8-9-13-28/h10-11,14-17,20,22,24,28,32,35-38,41,44H,8-9,12-13,18-19,21,23H2,1-7H3/t32-,35+,36+,37+,38-,41-/m1/s1. The van der Waals surface area contributed by atoms with E-state index in [1.165, 1.54) is 59.5 Å². The Morgan fingerprint density at radius 3 is 2.25 bits per heavy atom. The van der Waals surface area contributed by atoms with Crippen LogP contribution >= 0.6 is 0 Å². The fourth-order valence-corrected chi connectivity index (χ4v) is 7.96. The summed E-state index contributed by atoms with van der Waals surface area (Å²) in [5, 5.41) is 8.71. The smallest absolute Gasteiger partial charge is 0.409 e. The molecule has 1 aromatic carbocycles. The Labute approximate surface area is 369 Å². The second-order valence-corrected chi connectivity index (χ2v) is 15.6. The van der Waals surface area contributed by atoms with Crippen LogP contribution in [-0.2, 0) is 54.2 Å². The molecule has 1 aliphatic heterocycles. The summed E-state index contributed by atoms with van der Waals surface area (Å²) in [6.45, 7) is 3.97. The summed E-state index contributed by atoms with van der Waals surface area (Å²) >= 11 is 0. The summed E-state index contributed by atoms with van der Waals surface area (Å²) in [5.74, 6) is -2.87.